The summed E-state index contributed by atoms with van der Waals surface area (Å²) in [6, 6.07) is 1.75. The standard InChI is InChI=1S/C11H19BO2.C4H7F.C2H3N.C2H6/c1-7-9(8-2)12-13-10(3,4)11(5,6)14-12;1-3-4(2)5;1-2-3;1-2/h7-8H,1H2,2-6H3;3-4H,1H2,2H3;1H3;1-2H3/b9-8+;;;. The zero-order valence-corrected chi connectivity index (χ0v) is 16.9. The van der Waals surface area contributed by atoms with Gasteiger partial charge in [-0.25, -0.2) is 4.39 Å². The molecule has 1 aliphatic rings. The summed E-state index contributed by atoms with van der Waals surface area (Å²) in [6.45, 7) is 23.9. The van der Waals surface area contributed by atoms with Crippen LogP contribution in [-0.4, -0.2) is 24.5 Å². The minimum atomic E-state index is -0.852. The fourth-order valence-electron chi connectivity index (χ4n) is 1.33. The highest BCUT2D eigenvalue weighted by Gasteiger charge is 2.51. The van der Waals surface area contributed by atoms with Crippen molar-refractivity contribution in [3.8, 4) is 6.07 Å². The molecule has 3 nitrogen and oxygen atoms in total. The molecule has 1 aliphatic heterocycles. The number of rotatable bonds is 3. The number of hydrogen-bond donors (Lipinski definition) is 0. The molecule has 1 saturated heterocycles. The van der Waals surface area contributed by atoms with Crippen molar-refractivity contribution < 1.29 is 13.7 Å². The number of hydrogen-bond acceptors (Lipinski definition) is 3. The highest BCUT2D eigenvalue weighted by molar-refractivity contribution is 6.55. The van der Waals surface area contributed by atoms with Crippen molar-refractivity contribution in [2.24, 2.45) is 0 Å². The van der Waals surface area contributed by atoms with Crippen LogP contribution in [0.15, 0.2) is 36.9 Å². The van der Waals surface area contributed by atoms with E-state index in [4.69, 9.17) is 14.6 Å². The molecule has 0 saturated carbocycles. The van der Waals surface area contributed by atoms with Crippen LogP contribution in [0.3, 0.4) is 0 Å². The first-order chi connectivity index (χ1) is 11.0. The van der Waals surface area contributed by atoms with Gasteiger partial charge < -0.3 is 9.31 Å². The molecular weight excluding hydrogens is 304 g/mol. The summed E-state index contributed by atoms with van der Waals surface area (Å²) in [5, 5.41) is 7.32. The predicted octanol–water partition coefficient (Wildman–Crippen LogP) is 5.84. The van der Waals surface area contributed by atoms with Gasteiger partial charge in [0.05, 0.1) is 17.3 Å². The monoisotopic (exact) mass is 339 g/mol. The molecule has 5 heteroatoms. The quantitative estimate of drug-likeness (QED) is 0.369. The maximum absolute atomic E-state index is 11.3. The van der Waals surface area contributed by atoms with Crippen LogP contribution < -0.4 is 0 Å². The van der Waals surface area contributed by atoms with Crippen molar-refractivity contribution in [2.45, 2.75) is 79.7 Å². The highest BCUT2D eigenvalue weighted by atomic mass is 19.1. The van der Waals surface area contributed by atoms with Gasteiger partial charge in [0.2, 0.25) is 0 Å². The van der Waals surface area contributed by atoms with Crippen LogP contribution in [0.25, 0.3) is 0 Å². The molecule has 1 rings (SSSR count). The Morgan fingerprint density at radius 1 is 1.17 bits per heavy atom. The first kappa shape index (κ1) is 27.5. The zero-order valence-electron chi connectivity index (χ0n) is 16.9. The number of nitrogens with zero attached hydrogens (tertiary/aromatic N) is 1. The van der Waals surface area contributed by atoms with Gasteiger partial charge in [-0.05, 0) is 47.0 Å². The van der Waals surface area contributed by atoms with E-state index in [1.807, 2.05) is 54.5 Å². The molecule has 1 fully saturated rings. The van der Waals surface area contributed by atoms with E-state index in [-0.39, 0.29) is 18.3 Å². The Morgan fingerprint density at radius 2 is 1.46 bits per heavy atom. The van der Waals surface area contributed by atoms with Crippen LogP contribution in [0, 0.1) is 11.3 Å². The molecule has 0 amide bonds. The molecule has 138 valence electrons. The van der Waals surface area contributed by atoms with Crippen molar-refractivity contribution >= 4 is 7.12 Å². The molecule has 0 aliphatic carbocycles. The van der Waals surface area contributed by atoms with E-state index in [0.717, 1.165) is 5.47 Å². The maximum atomic E-state index is 11.3. The van der Waals surface area contributed by atoms with Crippen molar-refractivity contribution in [1.29, 1.82) is 5.26 Å². The molecule has 0 radical (unpaired) electrons. The lowest BCUT2D eigenvalue weighted by Gasteiger charge is -2.32. The van der Waals surface area contributed by atoms with Gasteiger partial charge >= 0.3 is 7.12 Å². The molecular formula is C19H35BFNO2. The van der Waals surface area contributed by atoms with Gasteiger partial charge in [-0.2, -0.15) is 5.26 Å². The van der Waals surface area contributed by atoms with E-state index < -0.39 is 6.17 Å². The first-order valence-electron chi connectivity index (χ1n) is 8.24. The van der Waals surface area contributed by atoms with Crippen LogP contribution in [0.5, 0.6) is 0 Å². The van der Waals surface area contributed by atoms with E-state index in [0.29, 0.717) is 0 Å². The SMILES string of the molecule is C=C/C(=C\C)B1OC(C)(C)C(C)(C)O1.C=CC(C)F.CC.CC#N. The van der Waals surface area contributed by atoms with Gasteiger partial charge in [0.1, 0.15) is 6.17 Å². The Hall–Kier alpha value is -1.38. The third kappa shape index (κ3) is 10.4. The van der Waals surface area contributed by atoms with Crippen LogP contribution in [0.1, 0.15) is 62.3 Å². The summed E-state index contributed by atoms with van der Waals surface area (Å²) in [6.07, 6.45) is 4.15. The third-order valence-electron chi connectivity index (χ3n) is 3.42. The largest absolute Gasteiger partial charge is 0.494 e. The molecule has 0 aromatic rings. The summed E-state index contributed by atoms with van der Waals surface area (Å²) >= 11 is 0. The summed E-state index contributed by atoms with van der Waals surface area (Å²) in [7, 11) is -0.275. The highest BCUT2D eigenvalue weighted by Crippen LogP contribution is 2.38. The van der Waals surface area contributed by atoms with Crippen LogP contribution in [-0.2, 0) is 9.31 Å². The van der Waals surface area contributed by atoms with Crippen molar-refractivity contribution in [2.75, 3.05) is 0 Å². The van der Waals surface area contributed by atoms with Crippen molar-refractivity contribution in [3.05, 3.63) is 36.9 Å². The molecule has 1 unspecified atom stereocenters. The molecule has 1 atom stereocenters. The molecule has 0 bridgehead atoms. The Kier molecular flexibility index (Phi) is 16.0. The second kappa shape index (κ2) is 14.0. The van der Waals surface area contributed by atoms with Gasteiger partial charge in [0, 0.05) is 6.92 Å². The van der Waals surface area contributed by atoms with E-state index in [2.05, 4.69) is 13.2 Å². The number of halogens is 1. The van der Waals surface area contributed by atoms with Crippen LogP contribution in [0.2, 0.25) is 0 Å². The van der Waals surface area contributed by atoms with Gasteiger partial charge in [-0.3, -0.25) is 0 Å². The third-order valence-corrected chi connectivity index (χ3v) is 3.42. The Morgan fingerprint density at radius 3 is 1.62 bits per heavy atom. The molecule has 0 aromatic heterocycles. The van der Waals surface area contributed by atoms with Gasteiger partial charge in [-0.15, -0.1) is 6.58 Å². The minimum absolute atomic E-state index is 0.269. The first-order valence-corrected chi connectivity index (χ1v) is 8.24. The fourth-order valence-corrected chi connectivity index (χ4v) is 1.33. The summed E-state index contributed by atoms with van der Waals surface area (Å²) in [5.74, 6) is 0. The van der Waals surface area contributed by atoms with Gasteiger partial charge in [0.15, 0.2) is 0 Å². The maximum Gasteiger partial charge on any atom is 0.494 e. The van der Waals surface area contributed by atoms with Crippen LogP contribution in [0.4, 0.5) is 4.39 Å². The second-order valence-electron chi connectivity index (χ2n) is 5.72. The van der Waals surface area contributed by atoms with E-state index in [1.165, 1.54) is 19.9 Å². The summed E-state index contributed by atoms with van der Waals surface area (Å²) in [4.78, 5) is 0. The van der Waals surface area contributed by atoms with E-state index in [1.54, 1.807) is 12.1 Å². The predicted molar refractivity (Wildman–Crippen MR) is 103 cm³/mol. The van der Waals surface area contributed by atoms with E-state index >= 15 is 0 Å². The Labute approximate surface area is 149 Å². The number of alkyl halides is 1. The lowest BCUT2D eigenvalue weighted by atomic mass is 9.78. The molecule has 0 aromatic carbocycles. The second-order valence-corrected chi connectivity index (χ2v) is 5.72. The van der Waals surface area contributed by atoms with Gasteiger partial charge in [0.25, 0.3) is 0 Å². The molecule has 0 spiro atoms. The lowest BCUT2D eigenvalue weighted by molar-refractivity contribution is 0.00578. The molecule has 1 heterocycles. The number of nitriles is 1. The smallest absolute Gasteiger partial charge is 0.399 e. The molecule has 24 heavy (non-hydrogen) atoms. The summed E-state index contributed by atoms with van der Waals surface area (Å²) in [5.41, 5.74) is 0.452. The van der Waals surface area contributed by atoms with Gasteiger partial charge in [-0.1, -0.05) is 38.7 Å². The average Bonchev–Trinajstić information content (AvgIpc) is 2.72. The normalized spacial score (nSPS) is 18.2. The topological polar surface area (TPSA) is 42.2 Å². The summed E-state index contributed by atoms with van der Waals surface area (Å²) < 4.78 is 23.0. The number of allylic oxidation sites excluding steroid dienone is 4. The van der Waals surface area contributed by atoms with Crippen molar-refractivity contribution in [1.82, 2.24) is 0 Å². The minimum Gasteiger partial charge on any atom is -0.399 e. The van der Waals surface area contributed by atoms with E-state index in [9.17, 15) is 4.39 Å². The Balaban J connectivity index is -0.000000368. The fraction of sp³-hybridized carbons (Fsp3) is 0.632. The molecule has 0 N–H and O–H groups in total. The Bertz CT molecular complexity index is 408. The lowest BCUT2D eigenvalue weighted by Crippen LogP contribution is -2.41. The average molecular weight is 339 g/mol. The van der Waals surface area contributed by atoms with Crippen molar-refractivity contribution in [3.63, 3.8) is 0 Å². The zero-order chi connectivity index (χ0) is 20.0. The van der Waals surface area contributed by atoms with Crippen LogP contribution >= 0.6 is 0 Å².